The molecule has 0 heterocycles. The van der Waals surface area contributed by atoms with E-state index in [4.69, 9.17) is 0 Å². The molecule has 0 aliphatic rings. The molecular formula is C20H44GeSn. The molecule has 0 rings (SSSR count). The first-order chi connectivity index (χ1) is 10.6. The van der Waals surface area contributed by atoms with Crippen LogP contribution in [0.3, 0.4) is 0 Å². The van der Waals surface area contributed by atoms with Crippen molar-refractivity contribution in [3.05, 3.63) is 9.00 Å². The van der Waals surface area contributed by atoms with Crippen LogP contribution in [-0.2, 0) is 0 Å². The standard InChI is InChI=1S/C8H17Ge.3C4H9.Sn/c1-5-9(6-2,7-3)8-4;3*1-3-4-2;/h1,5H,6-8H2,2-4H3;3*1,3-4H2,2H3;. The van der Waals surface area contributed by atoms with Crippen LogP contribution in [-0.4, -0.2) is 31.6 Å². The molecular weight excluding hydrogens is 432 g/mol. The van der Waals surface area contributed by atoms with Gasteiger partial charge >= 0.3 is 150 Å². The first-order valence-corrected chi connectivity index (χ1v) is 23.6. The zero-order chi connectivity index (χ0) is 16.9. The van der Waals surface area contributed by atoms with E-state index in [-0.39, 0.29) is 0 Å². The number of hydrogen-bond acceptors (Lipinski definition) is 0. The van der Waals surface area contributed by atoms with Crippen molar-refractivity contribution in [1.82, 2.24) is 0 Å². The van der Waals surface area contributed by atoms with E-state index < -0.39 is 31.6 Å². The Morgan fingerprint density at radius 3 is 1.27 bits per heavy atom. The van der Waals surface area contributed by atoms with Gasteiger partial charge in [0.15, 0.2) is 0 Å². The molecule has 0 spiro atoms. The fourth-order valence-electron chi connectivity index (χ4n) is 3.67. The monoisotopic (exact) mass is 478 g/mol. The van der Waals surface area contributed by atoms with Crippen LogP contribution in [0.2, 0.25) is 29.1 Å². The van der Waals surface area contributed by atoms with Crippen LogP contribution >= 0.6 is 0 Å². The van der Waals surface area contributed by atoms with Gasteiger partial charge in [0.05, 0.1) is 0 Å². The van der Waals surface area contributed by atoms with E-state index in [0.29, 0.717) is 0 Å². The molecule has 0 fully saturated rings. The summed E-state index contributed by atoms with van der Waals surface area (Å²) in [7, 11) is 0. The van der Waals surface area contributed by atoms with Crippen molar-refractivity contribution in [2.45, 2.75) is 109 Å². The molecule has 2 heteroatoms. The van der Waals surface area contributed by atoms with Gasteiger partial charge in [-0.05, 0) is 0 Å². The maximum absolute atomic E-state index is 2.98. The summed E-state index contributed by atoms with van der Waals surface area (Å²) in [4.78, 5) is 2.91. The second kappa shape index (κ2) is 13.4. The van der Waals surface area contributed by atoms with E-state index in [9.17, 15) is 0 Å². The van der Waals surface area contributed by atoms with Crippen molar-refractivity contribution >= 4 is 31.6 Å². The summed E-state index contributed by atoms with van der Waals surface area (Å²) in [5, 5.41) is 4.50. The van der Waals surface area contributed by atoms with E-state index in [0.717, 1.165) is 0 Å². The van der Waals surface area contributed by atoms with Crippen molar-refractivity contribution in [3.63, 3.8) is 0 Å². The molecule has 0 aliphatic heterocycles. The first-order valence-electron chi connectivity index (χ1n) is 10.3. The zero-order valence-electron chi connectivity index (χ0n) is 16.6. The summed E-state index contributed by atoms with van der Waals surface area (Å²) >= 11 is -3.63. The van der Waals surface area contributed by atoms with Gasteiger partial charge in [0.2, 0.25) is 0 Å². The van der Waals surface area contributed by atoms with Crippen LogP contribution in [0, 0.1) is 0 Å². The van der Waals surface area contributed by atoms with Crippen LogP contribution < -0.4 is 0 Å². The van der Waals surface area contributed by atoms with Crippen molar-refractivity contribution in [3.8, 4) is 0 Å². The molecule has 132 valence electrons. The Bertz CT molecular complexity index is 251. The normalized spacial score (nSPS) is 13.2. The second-order valence-electron chi connectivity index (χ2n) is 7.43. The first kappa shape index (κ1) is 23.1. The van der Waals surface area contributed by atoms with Gasteiger partial charge in [-0.1, -0.05) is 0 Å². The van der Waals surface area contributed by atoms with Crippen LogP contribution in [0.25, 0.3) is 0 Å². The molecule has 0 aromatic rings. The van der Waals surface area contributed by atoms with Crippen molar-refractivity contribution in [2.75, 3.05) is 0 Å². The van der Waals surface area contributed by atoms with Crippen LogP contribution in [0.15, 0.2) is 9.00 Å². The van der Waals surface area contributed by atoms with Gasteiger partial charge in [-0.3, -0.25) is 0 Å². The van der Waals surface area contributed by atoms with Crippen LogP contribution in [0.4, 0.5) is 0 Å². The van der Waals surface area contributed by atoms with E-state index in [1.807, 2.05) is 0 Å². The molecule has 0 N–H and O–H groups in total. The molecule has 0 radical (unpaired) electrons. The molecule has 0 amide bonds. The van der Waals surface area contributed by atoms with Crippen molar-refractivity contribution in [1.29, 1.82) is 0 Å². The number of unbranched alkanes of at least 4 members (excludes halogenated alkanes) is 3. The Labute approximate surface area is 149 Å². The molecule has 0 nitrogen and oxygen atoms in total. The van der Waals surface area contributed by atoms with Gasteiger partial charge < -0.3 is 0 Å². The average Bonchev–Trinajstić information content (AvgIpc) is 2.57. The van der Waals surface area contributed by atoms with Gasteiger partial charge in [-0.15, -0.1) is 0 Å². The predicted octanol–water partition coefficient (Wildman–Crippen LogP) is 7.98. The minimum absolute atomic E-state index is 1.40. The molecule has 0 aromatic heterocycles. The zero-order valence-corrected chi connectivity index (χ0v) is 21.6. The summed E-state index contributed by atoms with van der Waals surface area (Å²) in [5.74, 6) is 0. The summed E-state index contributed by atoms with van der Waals surface area (Å²) < 4.78 is 7.89. The van der Waals surface area contributed by atoms with Crippen molar-refractivity contribution in [2.24, 2.45) is 0 Å². The number of hydrogen-bond donors (Lipinski definition) is 0. The molecule has 0 saturated heterocycles. The van der Waals surface area contributed by atoms with Gasteiger partial charge in [-0.2, -0.15) is 0 Å². The van der Waals surface area contributed by atoms with E-state index in [1.165, 1.54) is 54.3 Å². The van der Waals surface area contributed by atoms with Crippen molar-refractivity contribution < 1.29 is 0 Å². The molecule has 22 heavy (non-hydrogen) atoms. The summed E-state index contributed by atoms with van der Waals surface area (Å²) in [6, 6.07) is 0. The molecule has 0 aromatic carbocycles. The van der Waals surface area contributed by atoms with Crippen LogP contribution in [0.1, 0.15) is 80.1 Å². The Morgan fingerprint density at radius 1 is 0.636 bits per heavy atom. The predicted molar refractivity (Wildman–Crippen MR) is 111 cm³/mol. The summed E-state index contributed by atoms with van der Waals surface area (Å²) in [6.45, 7) is 14.6. The summed E-state index contributed by atoms with van der Waals surface area (Å²) in [5.41, 5.74) is 0. The average molecular weight is 476 g/mol. The third-order valence-corrected chi connectivity index (χ3v) is 32.7. The second-order valence-corrected chi connectivity index (χ2v) is 31.3. The van der Waals surface area contributed by atoms with Gasteiger partial charge in [-0.25, -0.2) is 0 Å². The third-order valence-electron chi connectivity index (χ3n) is 5.99. The van der Waals surface area contributed by atoms with Gasteiger partial charge in [0.1, 0.15) is 0 Å². The molecule has 0 atom stereocenters. The minimum atomic E-state index is -2.01. The molecule has 0 saturated carbocycles. The van der Waals surface area contributed by atoms with Gasteiger partial charge in [0, 0.05) is 0 Å². The quantitative estimate of drug-likeness (QED) is 0.223. The molecule has 0 bridgehead atoms. The fraction of sp³-hybridized carbons (Fsp3) is 0.900. The molecule has 0 aliphatic carbocycles. The fourth-order valence-corrected chi connectivity index (χ4v) is 32.9. The molecule has 0 unspecified atom stereocenters. The third kappa shape index (κ3) is 8.26. The van der Waals surface area contributed by atoms with E-state index in [2.05, 4.69) is 50.5 Å². The Balaban J connectivity index is 5.28. The summed E-state index contributed by atoms with van der Waals surface area (Å²) in [6.07, 6.45) is 8.68. The Hall–Kier alpha value is 1.08. The topological polar surface area (TPSA) is 0 Å². The Morgan fingerprint density at radius 2 is 1.00 bits per heavy atom. The SMILES string of the molecule is CCC[CH2][Sn](/[CH]=[CH]\[Ge]([CH2]C)([CH2]C)[CH2]C)([CH2]CCC)[CH2]CCC. The Kier molecular flexibility index (Phi) is 14.0. The maximum atomic E-state index is 2.98. The van der Waals surface area contributed by atoms with E-state index in [1.54, 1.807) is 13.3 Å². The number of rotatable bonds is 14. The van der Waals surface area contributed by atoms with E-state index >= 15 is 0 Å². The van der Waals surface area contributed by atoms with Gasteiger partial charge in [0.25, 0.3) is 0 Å². The van der Waals surface area contributed by atoms with Crippen LogP contribution in [0.5, 0.6) is 0 Å².